The molecule has 0 aliphatic carbocycles. The summed E-state index contributed by atoms with van der Waals surface area (Å²) in [5.74, 6) is -0.453. The van der Waals surface area contributed by atoms with Crippen LogP contribution in [0.4, 0.5) is 5.82 Å². The predicted octanol–water partition coefficient (Wildman–Crippen LogP) is 1.86. The molecule has 0 bridgehead atoms. The number of aryl methyl sites for hydroxylation is 1. The normalized spacial score (nSPS) is 15.9. The monoisotopic (exact) mass is 366 g/mol. The molecule has 138 valence electrons. The van der Waals surface area contributed by atoms with Gasteiger partial charge >= 0.3 is 5.97 Å². The van der Waals surface area contributed by atoms with Crippen molar-refractivity contribution in [2.24, 2.45) is 7.05 Å². The van der Waals surface area contributed by atoms with E-state index in [-0.39, 0.29) is 24.6 Å². The molecule has 4 rings (SSSR count). The van der Waals surface area contributed by atoms with E-state index in [1.165, 1.54) is 0 Å². The maximum Gasteiger partial charge on any atom is 0.356 e. The van der Waals surface area contributed by atoms with E-state index in [0.29, 0.717) is 22.8 Å². The molecule has 27 heavy (non-hydrogen) atoms. The molecule has 0 saturated heterocycles. The number of esters is 1. The van der Waals surface area contributed by atoms with Gasteiger partial charge in [-0.2, -0.15) is 10.2 Å². The topological polar surface area (TPSA) is 115 Å². The number of ether oxygens (including phenoxy) is 1. The second-order valence-corrected chi connectivity index (χ2v) is 6.18. The van der Waals surface area contributed by atoms with Crippen molar-refractivity contribution in [2.75, 3.05) is 11.9 Å². The minimum absolute atomic E-state index is 0.154. The van der Waals surface area contributed by atoms with Gasteiger partial charge in [-0.25, -0.2) is 4.79 Å². The molecule has 0 aromatic carbocycles. The number of aromatic amines is 1. The Kier molecular flexibility index (Phi) is 4.19. The molecule has 1 atom stereocenters. The molecule has 0 spiro atoms. The van der Waals surface area contributed by atoms with Crippen molar-refractivity contribution in [1.82, 2.24) is 25.0 Å². The van der Waals surface area contributed by atoms with Crippen molar-refractivity contribution in [3.05, 3.63) is 47.4 Å². The fourth-order valence-corrected chi connectivity index (χ4v) is 3.37. The molecule has 1 aliphatic heterocycles. The first-order valence-corrected chi connectivity index (χ1v) is 8.58. The number of fused-ring (bicyclic) bond motifs is 1. The summed E-state index contributed by atoms with van der Waals surface area (Å²) in [5.41, 5.74) is 3.02. The van der Waals surface area contributed by atoms with E-state index in [1.807, 2.05) is 18.2 Å². The largest absolute Gasteiger partial charge is 0.461 e. The van der Waals surface area contributed by atoms with Crippen LogP contribution in [0.2, 0.25) is 0 Å². The standard InChI is InChI=1S/C18H18N6O3/c1-3-27-18(26)15-11(9-20-22-15)10-8-13(25)21-17-14(10)16(23-24(17)2)12-6-4-5-7-19-12/h4-7,9-10H,3,8H2,1-2H3,(H,20,22)(H,21,25). The SMILES string of the molecule is CCOC(=O)c1[nH]ncc1C1CC(=O)Nc2c1c(-c1ccccn1)nn2C. The van der Waals surface area contributed by atoms with E-state index < -0.39 is 11.9 Å². The van der Waals surface area contributed by atoms with Gasteiger partial charge in [0.1, 0.15) is 17.2 Å². The molecule has 1 amide bonds. The molecule has 0 saturated carbocycles. The van der Waals surface area contributed by atoms with E-state index in [1.54, 1.807) is 31.0 Å². The average Bonchev–Trinajstić information content (AvgIpc) is 3.28. The van der Waals surface area contributed by atoms with Crippen LogP contribution in [0.15, 0.2) is 30.6 Å². The Hall–Kier alpha value is -3.49. The van der Waals surface area contributed by atoms with Crippen LogP contribution >= 0.6 is 0 Å². The van der Waals surface area contributed by atoms with Crippen molar-refractivity contribution < 1.29 is 14.3 Å². The molecule has 3 aromatic rings. The van der Waals surface area contributed by atoms with Crippen molar-refractivity contribution in [3.8, 4) is 11.4 Å². The highest BCUT2D eigenvalue weighted by molar-refractivity contribution is 5.97. The van der Waals surface area contributed by atoms with Gasteiger partial charge in [-0.05, 0) is 19.1 Å². The number of carbonyl (C=O) groups is 2. The van der Waals surface area contributed by atoms with Crippen LogP contribution in [-0.4, -0.2) is 43.4 Å². The second kappa shape index (κ2) is 6.67. The minimum Gasteiger partial charge on any atom is -0.461 e. The third kappa shape index (κ3) is 2.86. The lowest BCUT2D eigenvalue weighted by Crippen LogP contribution is -2.25. The molecule has 0 fully saturated rings. The first-order chi connectivity index (χ1) is 13.1. The molecular weight excluding hydrogens is 348 g/mol. The number of H-pyrrole nitrogens is 1. The predicted molar refractivity (Wildman–Crippen MR) is 96.1 cm³/mol. The van der Waals surface area contributed by atoms with Crippen LogP contribution in [0, 0.1) is 0 Å². The van der Waals surface area contributed by atoms with Gasteiger partial charge in [0.2, 0.25) is 5.91 Å². The smallest absolute Gasteiger partial charge is 0.356 e. The number of hydrogen-bond donors (Lipinski definition) is 2. The molecule has 1 aliphatic rings. The van der Waals surface area contributed by atoms with E-state index in [4.69, 9.17) is 4.74 Å². The Morgan fingerprint density at radius 1 is 1.41 bits per heavy atom. The first kappa shape index (κ1) is 17.0. The number of pyridine rings is 1. The van der Waals surface area contributed by atoms with E-state index in [9.17, 15) is 9.59 Å². The zero-order valence-corrected chi connectivity index (χ0v) is 14.9. The highest BCUT2D eigenvalue weighted by atomic mass is 16.5. The summed E-state index contributed by atoms with van der Waals surface area (Å²) in [6.07, 6.45) is 3.42. The summed E-state index contributed by atoms with van der Waals surface area (Å²) < 4.78 is 6.73. The van der Waals surface area contributed by atoms with E-state index in [0.717, 1.165) is 5.56 Å². The molecule has 3 aromatic heterocycles. The van der Waals surface area contributed by atoms with Gasteiger partial charge in [0, 0.05) is 36.7 Å². The minimum atomic E-state index is -0.499. The molecule has 9 heteroatoms. The third-order valence-corrected chi connectivity index (χ3v) is 4.51. The molecule has 1 unspecified atom stereocenters. The summed E-state index contributed by atoms with van der Waals surface area (Å²) in [4.78, 5) is 29.0. The van der Waals surface area contributed by atoms with Gasteiger partial charge in [-0.1, -0.05) is 6.07 Å². The fourth-order valence-electron chi connectivity index (χ4n) is 3.37. The number of hydrogen-bond acceptors (Lipinski definition) is 6. The van der Waals surface area contributed by atoms with Crippen LogP contribution in [-0.2, 0) is 16.6 Å². The number of amides is 1. The van der Waals surface area contributed by atoms with Gasteiger partial charge in [0.15, 0.2) is 0 Å². The molecule has 0 radical (unpaired) electrons. The van der Waals surface area contributed by atoms with E-state index in [2.05, 4.69) is 25.6 Å². The summed E-state index contributed by atoms with van der Waals surface area (Å²) in [6, 6.07) is 5.56. The molecule has 2 N–H and O–H groups in total. The summed E-state index contributed by atoms with van der Waals surface area (Å²) in [7, 11) is 1.76. The van der Waals surface area contributed by atoms with E-state index >= 15 is 0 Å². The Balaban J connectivity index is 1.88. The summed E-state index contributed by atoms with van der Waals surface area (Å²) in [6.45, 7) is 1.99. The number of rotatable bonds is 4. The lowest BCUT2D eigenvalue weighted by molar-refractivity contribution is -0.116. The maximum atomic E-state index is 12.3. The Bertz CT molecular complexity index is 1010. The zero-order chi connectivity index (χ0) is 19.0. The van der Waals surface area contributed by atoms with Gasteiger partial charge in [0.05, 0.1) is 18.5 Å². The molecular formula is C18H18N6O3. The number of aromatic nitrogens is 5. The number of anilines is 1. The highest BCUT2D eigenvalue weighted by Crippen LogP contribution is 2.42. The lowest BCUT2D eigenvalue weighted by atomic mass is 9.85. The van der Waals surface area contributed by atoms with Crippen molar-refractivity contribution in [1.29, 1.82) is 0 Å². The Labute approximate surface area is 154 Å². The van der Waals surface area contributed by atoms with Crippen LogP contribution < -0.4 is 5.32 Å². The summed E-state index contributed by atoms with van der Waals surface area (Å²) in [5, 5.41) is 14.1. The van der Waals surface area contributed by atoms with Gasteiger partial charge in [0.25, 0.3) is 0 Å². The van der Waals surface area contributed by atoms with Crippen molar-refractivity contribution in [2.45, 2.75) is 19.3 Å². The van der Waals surface area contributed by atoms with Crippen LogP contribution in [0.5, 0.6) is 0 Å². The number of carbonyl (C=O) groups excluding carboxylic acids is 2. The quantitative estimate of drug-likeness (QED) is 0.681. The average molecular weight is 366 g/mol. The summed E-state index contributed by atoms with van der Waals surface area (Å²) >= 11 is 0. The Morgan fingerprint density at radius 3 is 3.00 bits per heavy atom. The maximum absolute atomic E-state index is 12.3. The van der Waals surface area contributed by atoms with Crippen LogP contribution in [0.1, 0.15) is 40.9 Å². The van der Waals surface area contributed by atoms with Gasteiger partial charge in [-0.3, -0.25) is 19.6 Å². The van der Waals surface area contributed by atoms with Crippen LogP contribution in [0.3, 0.4) is 0 Å². The number of nitrogens with one attached hydrogen (secondary N) is 2. The first-order valence-electron chi connectivity index (χ1n) is 8.58. The lowest BCUT2D eigenvalue weighted by Gasteiger charge is -2.23. The highest BCUT2D eigenvalue weighted by Gasteiger charge is 2.36. The van der Waals surface area contributed by atoms with Crippen LogP contribution in [0.25, 0.3) is 11.4 Å². The zero-order valence-electron chi connectivity index (χ0n) is 14.9. The molecule has 4 heterocycles. The van der Waals surface area contributed by atoms with Crippen molar-refractivity contribution >= 4 is 17.7 Å². The van der Waals surface area contributed by atoms with Gasteiger partial charge in [-0.15, -0.1) is 0 Å². The second-order valence-electron chi connectivity index (χ2n) is 6.18. The third-order valence-electron chi connectivity index (χ3n) is 4.51. The Morgan fingerprint density at radius 2 is 2.26 bits per heavy atom. The number of nitrogens with zero attached hydrogens (tertiary/aromatic N) is 4. The van der Waals surface area contributed by atoms with Gasteiger partial charge < -0.3 is 10.1 Å². The fraction of sp³-hybridized carbons (Fsp3) is 0.278. The van der Waals surface area contributed by atoms with Crippen molar-refractivity contribution in [3.63, 3.8) is 0 Å². The molecule has 9 nitrogen and oxygen atoms in total.